The average Bonchev–Trinajstić information content (AvgIpc) is 2.83. The van der Waals surface area contributed by atoms with Crippen molar-refractivity contribution < 1.29 is 4.79 Å². The Morgan fingerprint density at radius 3 is 2.88 bits per heavy atom. The van der Waals surface area contributed by atoms with E-state index in [0.29, 0.717) is 12.5 Å². The third-order valence-corrected chi connectivity index (χ3v) is 4.31. The minimum atomic E-state index is 0.244. The molecule has 2 rings (SSSR count). The second-order valence-electron chi connectivity index (χ2n) is 4.84. The molecule has 1 aromatic rings. The van der Waals surface area contributed by atoms with Crippen LogP contribution in [0.25, 0.3) is 0 Å². The lowest BCUT2D eigenvalue weighted by molar-refractivity contribution is -0.122. The predicted molar refractivity (Wildman–Crippen MR) is 72.3 cm³/mol. The first-order chi connectivity index (χ1) is 8.34. The van der Waals surface area contributed by atoms with Crippen molar-refractivity contribution in [3.05, 3.63) is 22.4 Å². The SMILES string of the molecule is O=C(CCCc1cccs1)NC1CCCCC1. The van der Waals surface area contributed by atoms with Crippen molar-refractivity contribution in [2.75, 3.05) is 0 Å². The van der Waals surface area contributed by atoms with E-state index in [9.17, 15) is 4.79 Å². The van der Waals surface area contributed by atoms with Gasteiger partial charge in [-0.05, 0) is 37.1 Å². The van der Waals surface area contributed by atoms with E-state index >= 15 is 0 Å². The molecular weight excluding hydrogens is 230 g/mol. The molecule has 0 unspecified atom stereocenters. The minimum absolute atomic E-state index is 0.244. The quantitative estimate of drug-likeness (QED) is 0.852. The molecule has 1 saturated carbocycles. The Balaban J connectivity index is 1.60. The number of amides is 1. The number of hydrogen-bond donors (Lipinski definition) is 1. The lowest BCUT2D eigenvalue weighted by Crippen LogP contribution is -2.36. The van der Waals surface area contributed by atoms with Crippen LogP contribution < -0.4 is 5.32 Å². The summed E-state index contributed by atoms with van der Waals surface area (Å²) in [6, 6.07) is 4.67. The van der Waals surface area contributed by atoms with Gasteiger partial charge in [0, 0.05) is 17.3 Å². The molecular formula is C14H21NOS. The van der Waals surface area contributed by atoms with Gasteiger partial charge in [0.25, 0.3) is 0 Å². The minimum Gasteiger partial charge on any atom is -0.353 e. The van der Waals surface area contributed by atoms with Crippen LogP contribution in [0.4, 0.5) is 0 Å². The standard InChI is InChI=1S/C14H21NOS/c16-14(15-12-6-2-1-3-7-12)10-4-8-13-9-5-11-17-13/h5,9,11-12H,1-4,6-8,10H2,(H,15,16). The lowest BCUT2D eigenvalue weighted by Gasteiger charge is -2.22. The topological polar surface area (TPSA) is 29.1 Å². The Bertz CT molecular complexity index is 328. The Morgan fingerprint density at radius 2 is 2.18 bits per heavy atom. The number of nitrogens with one attached hydrogen (secondary N) is 1. The van der Waals surface area contributed by atoms with E-state index < -0.39 is 0 Å². The Labute approximate surface area is 107 Å². The maximum absolute atomic E-state index is 11.7. The fourth-order valence-electron chi connectivity index (χ4n) is 2.42. The Kier molecular flexibility index (Phi) is 5.05. The number of hydrogen-bond acceptors (Lipinski definition) is 2. The highest BCUT2D eigenvalue weighted by atomic mass is 32.1. The van der Waals surface area contributed by atoms with Crippen LogP contribution in [0.15, 0.2) is 17.5 Å². The van der Waals surface area contributed by atoms with Gasteiger partial charge in [0.05, 0.1) is 0 Å². The summed E-state index contributed by atoms with van der Waals surface area (Å²) in [4.78, 5) is 13.1. The van der Waals surface area contributed by atoms with Gasteiger partial charge in [0.15, 0.2) is 0 Å². The van der Waals surface area contributed by atoms with Crippen molar-refractivity contribution in [1.82, 2.24) is 5.32 Å². The second kappa shape index (κ2) is 6.80. The molecule has 0 aliphatic heterocycles. The van der Waals surface area contributed by atoms with Gasteiger partial charge in [-0.3, -0.25) is 4.79 Å². The highest BCUT2D eigenvalue weighted by molar-refractivity contribution is 7.09. The van der Waals surface area contributed by atoms with Crippen LogP contribution >= 0.6 is 11.3 Å². The van der Waals surface area contributed by atoms with Crippen molar-refractivity contribution in [1.29, 1.82) is 0 Å². The molecule has 0 atom stereocenters. The Morgan fingerprint density at radius 1 is 1.35 bits per heavy atom. The predicted octanol–water partition coefficient (Wildman–Crippen LogP) is 3.52. The summed E-state index contributed by atoms with van der Waals surface area (Å²) in [6.45, 7) is 0. The van der Waals surface area contributed by atoms with E-state index in [1.165, 1.54) is 37.0 Å². The highest BCUT2D eigenvalue weighted by Gasteiger charge is 2.15. The molecule has 1 aliphatic rings. The fourth-order valence-corrected chi connectivity index (χ4v) is 3.18. The summed E-state index contributed by atoms with van der Waals surface area (Å²) in [6.07, 6.45) is 8.93. The van der Waals surface area contributed by atoms with E-state index in [0.717, 1.165) is 12.8 Å². The number of thiophene rings is 1. The average molecular weight is 251 g/mol. The third-order valence-electron chi connectivity index (χ3n) is 3.38. The summed E-state index contributed by atoms with van der Waals surface area (Å²) in [7, 11) is 0. The summed E-state index contributed by atoms with van der Waals surface area (Å²) in [5, 5.41) is 5.26. The zero-order valence-electron chi connectivity index (χ0n) is 10.3. The van der Waals surface area contributed by atoms with Gasteiger partial charge < -0.3 is 5.32 Å². The first-order valence-corrected chi connectivity index (χ1v) is 7.54. The number of carbonyl (C=O) groups is 1. The van der Waals surface area contributed by atoms with E-state index in [-0.39, 0.29) is 5.91 Å². The van der Waals surface area contributed by atoms with Gasteiger partial charge in [-0.25, -0.2) is 0 Å². The van der Waals surface area contributed by atoms with Crippen molar-refractivity contribution >= 4 is 17.2 Å². The second-order valence-corrected chi connectivity index (χ2v) is 5.87. The van der Waals surface area contributed by atoms with Crippen LogP contribution in [0.3, 0.4) is 0 Å². The molecule has 1 amide bonds. The highest BCUT2D eigenvalue weighted by Crippen LogP contribution is 2.17. The van der Waals surface area contributed by atoms with Gasteiger partial charge in [-0.1, -0.05) is 25.3 Å². The molecule has 1 heterocycles. The van der Waals surface area contributed by atoms with Gasteiger partial charge in [-0.2, -0.15) is 0 Å². The molecule has 0 aromatic carbocycles. The normalized spacial score (nSPS) is 16.9. The number of carbonyl (C=O) groups excluding carboxylic acids is 1. The van der Waals surface area contributed by atoms with Crippen LogP contribution in [0.1, 0.15) is 49.8 Å². The number of rotatable bonds is 5. The molecule has 3 heteroatoms. The molecule has 0 spiro atoms. The third kappa shape index (κ3) is 4.50. The lowest BCUT2D eigenvalue weighted by atomic mass is 9.95. The molecule has 1 aromatic heterocycles. The number of aryl methyl sites for hydroxylation is 1. The van der Waals surface area contributed by atoms with Gasteiger partial charge in [0.2, 0.25) is 5.91 Å². The summed E-state index contributed by atoms with van der Waals surface area (Å²) >= 11 is 1.78. The van der Waals surface area contributed by atoms with Crippen LogP contribution in [0, 0.1) is 0 Å². The van der Waals surface area contributed by atoms with E-state index in [1.807, 2.05) is 0 Å². The van der Waals surface area contributed by atoms with Crippen LogP contribution in [-0.4, -0.2) is 11.9 Å². The molecule has 94 valence electrons. The molecule has 2 nitrogen and oxygen atoms in total. The molecule has 17 heavy (non-hydrogen) atoms. The smallest absolute Gasteiger partial charge is 0.220 e. The molecule has 1 N–H and O–H groups in total. The zero-order valence-corrected chi connectivity index (χ0v) is 11.1. The summed E-state index contributed by atoms with van der Waals surface area (Å²) in [5.74, 6) is 0.244. The molecule has 1 aliphatic carbocycles. The Hall–Kier alpha value is -0.830. The van der Waals surface area contributed by atoms with E-state index in [1.54, 1.807) is 11.3 Å². The van der Waals surface area contributed by atoms with E-state index in [4.69, 9.17) is 0 Å². The van der Waals surface area contributed by atoms with Crippen molar-refractivity contribution in [3.63, 3.8) is 0 Å². The summed E-state index contributed by atoms with van der Waals surface area (Å²) < 4.78 is 0. The molecule has 0 bridgehead atoms. The first-order valence-electron chi connectivity index (χ1n) is 6.66. The van der Waals surface area contributed by atoms with Crippen molar-refractivity contribution in [2.45, 2.75) is 57.4 Å². The van der Waals surface area contributed by atoms with E-state index in [2.05, 4.69) is 22.8 Å². The monoisotopic (exact) mass is 251 g/mol. The molecule has 1 fully saturated rings. The first kappa shape index (κ1) is 12.6. The largest absolute Gasteiger partial charge is 0.353 e. The van der Waals surface area contributed by atoms with Gasteiger partial charge >= 0.3 is 0 Å². The van der Waals surface area contributed by atoms with Crippen LogP contribution in [0.2, 0.25) is 0 Å². The van der Waals surface area contributed by atoms with Crippen molar-refractivity contribution in [2.24, 2.45) is 0 Å². The maximum atomic E-state index is 11.7. The maximum Gasteiger partial charge on any atom is 0.220 e. The fraction of sp³-hybridized carbons (Fsp3) is 0.643. The van der Waals surface area contributed by atoms with Gasteiger partial charge in [0.1, 0.15) is 0 Å². The molecule has 0 radical (unpaired) electrons. The zero-order chi connectivity index (χ0) is 11.9. The summed E-state index contributed by atoms with van der Waals surface area (Å²) in [5.41, 5.74) is 0. The van der Waals surface area contributed by atoms with Crippen LogP contribution in [0.5, 0.6) is 0 Å². The van der Waals surface area contributed by atoms with Gasteiger partial charge in [-0.15, -0.1) is 11.3 Å². The van der Waals surface area contributed by atoms with Crippen molar-refractivity contribution in [3.8, 4) is 0 Å². The molecule has 0 saturated heterocycles. The van der Waals surface area contributed by atoms with Crippen LogP contribution in [-0.2, 0) is 11.2 Å².